The summed E-state index contributed by atoms with van der Waals surface area (Å²) in [5.41, 5.74) is 1.29. The third-order valence-electron chi connectivity index (χ3n) is 2.67. The first-order chi connectivity index (χ1) is 8.17. The molecule has 6 nitrogen and oxygen atoms in total. The molecule has 1 unspecified atom stereocenters. The zero-order valence-corrected chi connectivity index (χ0v) is 10.2. The fraction of sp³-hybridized carbons (Fsp3) is 0.455. The van der Waals surface area contributed by atoms with Gasteiger partial charge in [-0.3, -0.25) is 4.68 Å². The van der Waals surface area contributed by atoms with Crippen LogP contribution in [0.4, 0.5) is 0 Å². The lowest BCUT2D eigenvalue weighted by Gasteiger charge is -2.09. The van der Waals surface area contributed by atoms with E-state index < -0.39 is 6.10 Å². The van der Waals surface area contributed by atoms with Crippen LogP contribution in [0.5, 0.6) is 5.88 Å². The van der Waals surface area contributed by atoms with Crippen LogP contribution < -0.4 is 4.74 Å². The number of aryl methyl sites for hydroxylation is 2. The summed E-state index contributed by atoms with van der Waals surface area (Å²) in [4.78, 5) is 0. The van der Waals surface area contributed by atoms with E-state index in [0.717, 1.165) is 5.69 Å². The lowest BCUT2D eigenvalue weighted by atomic mass is 10.2. The van der Waals surface area contributed by atoms with Gasteiger partial charge < -0.3 is 9.84 Å². The lowest BCUT2D eigenvalue weighted by molar-refractivity contribution is 0.202. The minimum atomic E-state index is -0.785. The van der Waals surface area contributed by atoms with Crippen LogP contribution >= 0.6 is 0 Å². The van der Waals surface area contributed by atoms with E-state index in [2.05, 4.69) is 10.2 Å². The van der Waals surface area contributed by atoms with Gasteiger partial charge in [0.15, 0.2) is 0 Å². The van der Waals surface area contributed by atoms with Gasteiger partial charge in [-0.2, -0.15) is 10.2 Å². The molecule has 1 N–H and O–H groups in total. The summed E-state index contributed by atoms with van der Waals surface area (Å²) in [6.07, 6.45) is 0.884. The number of nitrogens with zero attached hydrogens (tertiary/aromatic N) is 4. The van der Waals surface area contributed by atoms with E-state index >= 15 is 0 Å². The van der Waals surface area contributed by atoms with Gasteiger partial charge in [-0.15, -0.1) is 0 Å². The quantitative estimate of drug-likeness (QED) is 0.849. The second-order valence-electron chi connectivity index (χ2n) is 3.71. The average molecular weight is 236 g/mol. The Morgan fingerprint density at radius 2 is 2.29 bits per heavy atom. The van der Waals surface area contributed by atoms with Crippen molar-refractivity contribution in [3.63, 3.8) is 0 Å². The molecule has 0 aliphatic rings. The molecule has 6 heteroatoms. The van der Waals surface area contributed by atoms with Gasteiger partial charge in [-0.25, -0.2) is 4.68 Å². The van der Waals surface area contributed by atoms with E-state index in [1.165, 1.54) is 0 Å². The molecule has 0 saturated heterocycles. The Bertz CT molecular complexity index is 503. The van der Waals surface area contributed by atoms with E-state index in [9.17, 15) is 5.11 Å². The normalized spacial score (nSPS) is 12.7. The second-order valence-corrected chi connectivity index (χ2v) is 3.71. The molecule has 1 atom stereocenters. The van der Waals surface area contributed by atoms with E-state index in [1.54, 1.807) is 41.9 Å². The van der Waals surface area contributed by atoms with Crippen LogP contribution in [0.2, 0.25) is 0 Å². The maximum absolute atomic E-state index is 10.2. The summed E-state index contributed by atoms with van der Waals surface area (Å²) in [6, 6.07) is 3.51. The van der Waals surface area contributed by atoms with Crippen molar-refractivity contribution in [2.24, 2.45) is 7.05 Å². The molecule has 0 aliphatic heterocycles. The highest BCUT2D eigenvalue weighted by Gasteiger charge is 2.19. The summed E-state index contributed by atoms with van der Waals surface area (Å²) >= 11 is 0. The largest absolute Gasteiger partial charge is 0.481 e. The molecule has 0 bridgehead atoms. The van der Waals surface area contributed by atoms with Crippen LogP contribution in [-0.2, 0) is 13.6 Å². The van der Waals surface area contributed by atoms with Crippen molar-refractivity contribution in [2.75, 3.05) is 7.11 Å². The fourth-order valence-electron chi connectivity index (χ4n) is 1.79. The standard InChI is InChI=1S/C11H16N4O2/c1-4-15-9(5-6-12-15)11(16)8-7-10(17-3)14(2)13-8/h5-7,11,16H,4H2,1-3H3. The summed E-state index contributed by atoms with van der Waals surface area (Å²) < 4.78 is 8.45. The maximum Gasteiger partial charge on any atom is 0.211 e. The third-order valence-corrected chi connectivity index (χ3v) is 2.67. The number of aliphatic hydroxyl groups is 1. The Morgan fingerprint density at radius 3 is 2.88 bits per heavy atom. The molecular formula is C11H16N4O2. The van der Waals surface area contributed by atoms with Crippen molar-refractivity contribution in [1.29, 1.82) is 0 Å². The molecule has 2 heterocycles. The topological polar surface area (TPSA) is 65.1 Å². The number of methoxy groups -OCH3 is 1. The van der Waals surface area contributed by atoms with Gasteiger partial charge in [-0.1, -0.05) is 0 Å². The first-order valence-electron chi connectivity index (χ1n) is 5.45. The van der Waals surface area contributed by atoms with Gasteiger partial charge in [0.2, 0.25) is 5.88 Å². The van der Waals surface area contributed by atoms with Crippen LogP contribution in [0.25, 0.3) is 0 Å². The first-order valence-corrected chi connectivity index (χ1v) is 5.45. The van der Waals surface area contributed by atoms with E-state index in [4.69, 9.17) is 4.74 Å². The zero-order chi connectivity index (χ0) is 12.4. The molecule has 2 aromatic rings. The zero-order valence-electron chi connectivity index (χ0n) is 10.2. The minimum absolute atomic E-state index is 0.555. The van der Waals surface area contributed by atoms with Crippen LogP contribution in [0.15, 0.2) is 18.3 Å². The van der Waals surface area contributed by atoms with Crippen LogP contribution in [0.3, 0.4) is 0 Å². The Balaban J connectivity index is 2.33. The molecule has 0 radical (unpaired) electrons. The molecule has 0 amide bonds. The highest BCUT2D eigenvalue weighted by atomic mass is 16.5. The molecule has 0 aromatic carbocycles. The third kappa shape index (κ3) is 2.03. The highest BCUT2D eigenvalue weighted by Crippen LogP contribution is 2.23. The Kier molecular flexibility index (Phi) is 3.14. The molecule has 2 aromatic heterocycles. The predicted molar refractivity (Wildman–Crippen MR) is 61.7 cm³/mol. The van der Waals surface area contributed by atoms with Crippen molar-refractivity contribution < 1.29 is 9.84 Å². The number of rotatable bonds is 4. The molecule has 0 fully saturated rings. The van der Waals surface area contributed by atoms with E-state index in [1.807, 2.05) is 6.92 Å². The second kappa shape index (κ2) is 4.58. The average Bonchev–Trinajstić information content (AvgIpc) is 2.93. The number of aliphatic hydroxyl groups excluding tert-OH is 1. The SMILES string of the molecule is CCn1nccc1C(O)c1cc(OC)n(C)n1. The summed E-state index contributed by atoms with van der Waals surface area (Å²) in [5.74, 6) is 0.613. The molecule has 17 heavy (non-hydrogen) atoms. The van der Waals surface area contributed by atoms with Crippen molar-refractivity contribution >= 4 is 0 Å². The number of hydrogen-bond acceptors (Lipinski definition) is 4. The van der Waals surface area contributed by atoms with E-state index in [-0.39, 0.29) is 0 Å². The van der Waals surface area contributed by atoms with Gasteiger partial charge in [0.1, 0.15) is 11.8 Å². The lowest BCUT2D eigenvalue weighted by Crippen LogP contribution is -2.09. The highest BCUT2D eigenvalue weighted by molar-refractivity contribution is 5.24. The summed E-state index contributed by atoms with van der Waals surface area (Å²) in [5, 5.41) is 18.6. The summed E-state index contributed by atoms with van der Waals surface area (Å²) in [6.45, 7) is 2.69. The fourth-order valence-corrected chi connectivity index (χ4v) is 1.79. The van der Waals surface area contributed by atoms with E-state index in [0.29, 0.717) is 18.1 Å². The minimum Gasteiger partial charge on any atom is -0.481 e. The van der Waals surface area contributed by atoms with Gasteiger partial charge in [0, 0.05) is 25.9 Å². The van der Waals surface area contributed by atoms with Crippen LogP contribution in [0, 0.1) is 0 Å². The smallest absolute Gasteiger partial charge is 0.211 e. The van der Waals surface area contributed by atoms with Gasteiger partial charge >= 0.3 is 0 Å². The van der Waals surface area contributed by atoms with Crippen LogP contribution in [-0.4, -0.2) is 31.8 Å². The Morgan fingerprint density at radius 1 is 1.53 bits per heavy atom. The Hall–Kier alpha value is -1.82. The molecule has 0 saturated carbocycles. The van der Waals surface area contributed by atoms with Crippen molar-refractivity contribution in [1.82, 2.24) is 19.6 Å². The molecular weight excluding hydrogens is 220 g/mol. The monoisotopic (exact) mass is 236 g/mol. The summed E-state index contributed by atoms with van der Waals surface area (Å²) in [7, 11) is 3.34. The van der Waals surface area contributed by atoms with Gasteiger partial charge in [0.25, 0.3) is 0 Å². The van der Waals surface area contributed by atoms with Crippen molar-refractivity contribution in [2.45, 2.75) is 19.6 Å². The van der Waals surface area contributed by atoms with Gasteiger partial charge in [-0.05, 0) is 13.0 Å². The maximum atomic E-state index is 10.2. The predicted octanol–water partition coefficient (Wildman–Crippen LogP) is 0.727. The van der Waals surface area contributed by atoms with Gasteiger partial charge in [0.05, 0.1) is 12.8 Å². The molecule has 92 valence electrons. The van der Waals surface area contributed by atoms with Crippen molar-refractivity contribution in [3.8, 4) is 5.88 Å². The van der Waals surface area contributed by atoms with Crippen molar-refractivity contribution in [3.05, 3.63) is 29.7 Å². The molecule has 2 rings (SSSR count). The van der Waals surface area contributed by atoms with Crippen LogP contribution in [0.1, 0.15) is 24.4 Å². The molecule has 0 aliphatic carbocycles. The number of hydrogen-bond donors (Lipinski definition) is 1. The first kappa shape index (κ1) is 11.7. The number of ether oxygens (including phenoxy) is 1. The molecule has 0 spiro atoms. The Labute approximate surface area is 99.4 Å². The number of aromatic nitrogens is 4.